The molecule has 1 aromatic carbocycles. The van der Waals surface area contributed by atoms with Gasteiger partial charge in [-0.3, -0.25) is 4.79 Å². The van der Waals surface area contributed by atoms with Gasteiger partial charge in [0.2, 0.25) is 10.0 Å². The zero-order valence-electron chi connectivity index (χ0n) is 16.5. The van der Waals surface area contributed by atoms with Crippen molar-refractivity contribution in [2.24, 2.45) is 5.92 Å². The number of aromatic nitrogens is 1. The van der Waals surface area contributed by atoms with E-state index in [1.165, 1.54) is 11.3 Å². The van der Waals surface area contributed by atoms with Crippen molar-refractivity contribution in [1.29, 1.82) is 0 Å². The van der Waals surface area contributed by atoms with E-state index in [2.05, 4.69) is 9.71 Å². The molecule has 1 aliphatic heterocycles. The van der Waals surface area contributed by atoms with Gasteiger partial charge in [0.05, 0.1) is 10.9 Å². The molecule has 0 aliphatic carbocycles. The Bertz CT molecular complexity index is 923. The summed E-state index contributed by atoms with van der Waals surface area (Å²) in [6.07, 6.45) is 1.80. The number of hydrogen-bond acceptors (Lipinski definition) is 5. The van der Waals surface area contributed by atoms with Crippen LogP contribution in [0.25, 0.3) is 10.6 Å². The van der Waals surface area contributed by atoms with E-state index in [-0.39, 0.29) is 11.8 Å². The summed E-state index contributed by atoms with van der Waals surface area (Å²) in [6, 6.07) is 9.86. The number of benzene rings is 1. The van der Waals surface area contributed by atoms with Crippen LogP contribution in [0.5, 0.6) is 0 Å². The minimum atomic E-state index is -3.28. The van der Waals surface area contributed by atoms with Crippen molar-refractivity contribution in [2.75, 3.05) is 19.6 Å². The first-order valence-electron chi connectivity index (χ1n) is 9.58. The number of nitrogens with zero attached hydrogens (tertiary/aromatic N) is 2. The lowest BCUT2D eigenvalue weighted by Crippen LogP contribution is -2.44. The molecule has 1 aliphatic rings. The van der Waals surface area contributed by atoms with E-state index in [0.29, 0.717) is 24.5 Å². The van der Waals surface area contributed by atoms with E-state index in [4.69, 9.17) is 0 Å². The molecule has 1 fully saturated rings. The van der Waals surface area contributed by atoms with Gasteiger partial charge in [0, 0.05) is 25.2 Å². The third-order valence-corrected chi connectivity index (χ3v) is 8.02. The highest BCUT2D eigenvalue weighted by Gasteiger charge is 2.28. The van der Waals surface area contributed by atoms with Gasteiger partial charge in [0.25, 0.3) is 5.91 Å². The number of sulfonamides is 1. The van der Waals surface area contributed by atoms with Gasteiger partial charge < -0.3 is 4.90 Å². The predicted octanol–water partition coefficient (Wildman–Crippen LogP) is 3.30. The van der Waals surface area contributed by atoms with Crippen molar-refractivity contribution in [3.63, 3.8) is 0 Å². The van der Waals surface area contributed by atoms with Crippen molar-refractivity contribution in [2.45, 2.75) is 38.9 Å². The molecule has 1 amide bonds. The van der Waals surface area contributed by atoms with Crippen LogP contribution < -0.4 is 4.72 Å². The Morgan fingerprint density at radius 3 is 2.71 bits per heavy atom. The van der Waals surface area contributed by atoms with Crippen molar-refractivity contribution >= 4 is 27.3 Å². The Labute approximate surface area is 171 Å². The molecule has 8 heteroatoms. The first-order valence-corrected chi connectivity index (χ1v) is 11.9. The smallest absolute Gasteiger partial charge is 0.265 e. The summed E-state index contributed by atoms with van der Waals surface area (Å²) in [4.78, 5) is 20.2. The number of aryl methyl sites for hydroxylation is 1. The lowest BCUT2D eigenvalue weighted by molar-refractivity contribution is 0.0680. The minimum absolute atomic E-state index is 0.00593. The fourth-order valence-electron chi connectivity index (χ4n) is 3.26. The maximum absolute atomic E-state index is 13.1. The summed E-state index contributed by atoms with van der Waals surface area (Å²) in [5.41, 5.74) is 1.76. The first-order chi connectivity index (χ1) is 13.3. The summed E-state index contributed by atoms with van der Waals surface area (Å²) < 4.78 is 26.7. The highest BCUT2D eigenvalue weighted by molar-refractivity contribution is 7.90. The first kappa shape index (κ1) is 21.0. The van der Waals surface area contributed by atoms with Crippen LogP contribution >= 0.6 is 11.3 Å². The second-order valence-corrected chi connectivity index (χ2v) is 10.8. The van der Waals surface area contributed by atoms with Crippen LogP contribution in [0.3, 0.4) is 0 Å². The monoisotopic (exact) mass is 421 g/mol. The van der Waals surface area contributed by atoms with Crippen LogP contribution in [0.15, 0.2) is 30.3 Å². The molecule has 0 unspecified atom stereocenters. The van der Waals surface area contributed by atoms with Crippen molar-refractivity contribution in [3.05, 3.63) is 40.9 Å². The molecule has 1 aromatic heterocycles. The number of thiazole rings is 1. The molecule has 28 heavy (non-hydrogen) atoms. The Morgan fingerprint density at radius 2 is 2.04 bits per heavy atom. The van der Waals surface area contributed by atoms with Gasteiger partial charge in [0.15, 0.2) is 0 Å². The molecule has 0 spiro atoms. The maximum atomic E-state index is 13.1. The SMILES string of the molecule is Cc1nc(-c2ccccc2)sc1C(=O)N1CCC[C@H](CNS(=O)(=O)C(C)C)C1. The van der Waals surface area contributed by atoms with Gasteiger partial charge >= 0.3 is 0 Å². The lowest BCUT2D eigenvalue weighted by atomic mass is 9.98. The summed E-state index contributed by atoms with van der Waals surface area (Å²) in [5, 5.41) is 0.393. The van der Waals surface area contributed by atoms with Gasteiger partial charge in [-0.2, -0.15) is 0 Å². The number of amides is 1. The molecule has 6 nitrogen and oxygen atoms in total. The largest absolute Gasteiger partial charge is 0.338 e. The number of likely N-dealkylation sites (tertiary alicyclic amines) is 1. The van der Waals surface area contributed by atoms with Crippen molar-refractivity contribution in [3.8, 4) is 10.6 Å². The van der Waals surface area contributed by atoms with Crippen molar-refractivity contribution in [1.82, 2.24) is 14.6 Å². The van der Waals surface area contributed by atoms with Crippen LogP contribution in [-0.4, -0.2) is 49.1 Å². The number of piperidine rings is 1. The van der Waals surface area contributed by atoms with Crippen LogP contribution in [0.2, 0.25) is 0 Å². The minimum Gasteiger partial charge on any atom is -0.338 e. The standard InChI is InChI=1S/C20H27N3O3S2/c1-14(2)28(25,26)21-12-16-8-7-11-23(13-16)20(24)18-15(3)22-19(27-18)17-9-5-4-6-10-17/h4-6,9-10,14,16,21H,7-8,11-13H2,1-3H3/t16-/m1/s1. The molecule has 0 radical (unpaired) electrons. The number of carbonyl (C=O) groups excluding carboxylic acids is 1. The fraction of sp³-hybridized carbons (Fsp3) is 0.500. The van der Waals surface area contributed by atoms with Crippen LogP contribution in [0, 0.1) is 12.8 Å². The second-order valence-electron chi connectivity index (χ2n) is 7.50. The molecular formula is C20H27N3O3S2. The Balaban J connectivity index is 1.68. The van der Waals surface area contributed by atoms with Gasteiger partial charge in [-0.05, 0) is 39.5 Å². The molecule has 2 heterocycles. The van der Waals surface area contributed by atoms with Gasteiger partial charge in [-0.1, -0.05) is 30.3 Å². The molecule has 0 bridgehead atoms. The number of hydrogen-bond donors (Lipinski definition) is 1. The molecule has 1 N–H and O–H groups in total. The predicted molar refractivity (Wildman–Crippen MR) is 113 cm³/mol. The zero-order chi connectivity index (χ0) is 20.3. The summed E-state index contributed by atoms with van der Waals surface area (Å²) in [5.74, 6) is 0.127. The molecule has 1 atom stereocenters. The summed E-state index contributed by atoms with van der Waals surface area (Å²) in [7, 11) is -3.28. The third kappa shape index (κ3) is 4.79. The van der Waals surface area contributed by atoms with E-state index in [1.807, 2.05) is 42.2 Å². The highest BCUT2D eigenvalue weighted by atomic mass is 32.2. The number of carbonyl (C=O) groups is 1. The van der Waals surface area contributed by atoms with Gasteiger partial charge in [0.1, 0.15) is 9.88 Å². The molecule has 1 saturated heterocycles. The van der Waals surface area contributed by atoms with E-state index in [0.717, 1.165) is 29.1 Å². The molecule has 152 valence electrons. The van der Waals surface area contributed by atoms with E-state index < -0.39 is 15.3 Å². The topological polar surface area (TPSA) is 79.4 Å². The summed E-state index contributed by atoms with van der Waals surface area (Å²) >= 11 is 1.42. The molecule has 0 saturated carbocycles. The molecule has 2 aromatic rings. The summed E-state index contributed by atoms with van der Waals surface area (Å²) in [6.45, 7) is 6.84. The van der Waals surface area contributed by atoms with Crippen LogP contribution in [-0.2, 0) is 10.0 Å². The van der Waals surface area contributed by atoms with Gasteiger partial charge in [-0.25, -0.2) is 18.1 Å². The molecule has 3 rings (SSSR count). The second kappa shape index (κ2) is 8.71. The number of rotatable bonds is 6. The maximum Gasteiger partial charge on any atom is 0.265 e. The van der Waals surface area contributed by atoms with E-state index in [1.54, 1.807) is 13.8 Å². The van der Waals surface area contributed by atoms with Gasteiger partial charge in [-0.15, -0.1) is 11.3 Å². The zero-order valence-corrected chi connectivity index (χ0v) is 18.1. The lowest BCUT2D eigenvalue weighted by Gasteiger charge is -2.32. The third-order valence-electron chi connectivity index (χ3n) is 5.01. The number of nitrogens with one attached hydrogen (secondary N) is 1. The highest BCUT2D eigenvalue weighted by Crippen LogP contribution is 2.29. The van der Waals surface area contributed by atoms with E-state index in [9.17, 15) is 13.2 Å². The van der Waals surface area contributed by atoms with Crippen LogP contribution in [0.4, 0.5) is 0 Å². The average molecular weight is 422 g/mol. The van der Waals surface area contributed by atoms with E-state index >= 15 is 0 Å². The molecular weight excluding hydrogens is 394 g/mol. The average Bonchev–Trinajstić information content (AvgIpc) is 3.08. The Hall–Kier alpha value is -1.77. The van der Waals surface area contributed by atoms with Crippen molar-refractivity contribution < 1.29 is 13.2 Å². The normalized spacial score (nSPS) is 17.9. The Kier molecular flexibility index (Phi) is 6.52. The fourth-order valence-corrected chi connectivity index (χ4v) is 5.10. The Morgan fingerprint density at radius 1 is 1.32 bits per heavy atom. The quantitative estimate of drug-likeness (QED) is 0.776. The van der Waals surface area contributed by atoms with Crippen LogP contribution in [0.1, 0.15) is 42.1 Å².